The van der Waals surface area contributed by atoms with E-state index in [-0.39, 0.29) is 5.57 Å². The molecule has 0 bridgehead atoms. The Morgan fingerprint density at radius 2 is 1.79 bits per heavy atom. The lowest BCUT2D eigenvalue weighted by molar-refractivity contribution is -0.112. The number of carbonyl (C=O) groups is 1. The molecule has 0 aliphatic carbocycles. The van der Waals surface area contributed by atoms with Gasteiger partial charge in [-0.1, -0.05) is 60.1 Å². The van der Waals surface area contributed by atoms with Crippen LogP contribution in [-0.4, -0.2) is 5.91 Å². The summed E-state index contributed by atoms with van der Waals surface area (Å²) < 4.78 is 5.75. The third-order valence-electron chi connectivity index (χ3n) is 4.32. The van der Waals surface area contributed by atoms with Crippen LogP contribution in [0.25, 0.3) is 6.08 Å². The number of hydrogen-bond donors (Lipinski definition) is 1. The number of hydrogen-bond acceptors (Lipinski definition) is 3. The molecule has 3 aromatic carbocycles. The Kier molecular flexibility index (Phi) is 6.67. The van der Waals surface area contributed by atoms with Crippen LogP contribution in [0.3, 0.4) is 0 Å². The highest BCUT2D eigenvalue weighted by atomic mass is 35.5. The molecule has 0 aromatic heterocycles. The van der Waals surface area contributed by atoms with Crippen molar-refractivity contribution in [3.63, 3.8) is 0 Å². The third kappa shape index (κ3) is 5.47. The number of carbonyl (C=O) groups excluding carboxylic acids is 1. The van der Waals surface area contributed by atoms with E-state index in [0.717, 1.165) is 16.7 Å². The molecule has 1 N–H and O–H groups in total. The first-order valence-corrected chi connectivity index (χ1v) is 9.39. The molecule has 29 heavy (non-hydrogen) atoms. The Balaban J connectivity index is 1.67. The van der Waals surface area contributed by atoms with Gasteiger partial charge in [-0.05, 0) is 54.0 Å². The lowest BCUT2D eigenvalue weighted by atomic mass is 10.1. The minimum absolute atomic E-state index is 0.00216. The van der Waals surface area contributed by atoms with Gasteiger partial charge in [0.25, 0.3) is 5.91 Å². The summed E-state index contributed by atoms with van der Waals surface area (Å²) in [6.45, 7) is 2.28. The zero-order chi connectivity index (χ0) is 20.6. The summed E-state index contributed by atoms with van der Waals surface area (Å²) in [5.41, 5.74) is 3.14. The number of nitrogens with one attached hydrogen (secondary N) is 1. The second-order valence-corrected chi connectivity index (χ2v) is 6.79. The van der Waals surface area contributed by atoms with Crippen LogP contribution in [-0.2, 0) is 11.4 Å². The van der Waals surface area contributed by atoms with Gasteiger partial charge in [-0.25, -0.2) is 0 Å². The van der Waals surface area contributed by atoms with Crippen molar-refractivity contribution >= 4 is 29.3 Å². The number of halogens is 1. The molecule has 144 valence electrons. The summed E-state index contributed by atoms with van der Waals surface area (Å²) in [7, 11) is 0. The van der Waals surface area contributed by atoms with Gasteiger partial charge >= 0.3 is 0 Å². The van der Waals surface area contributed by atoms with Gasteiger partial charge in [-0.3, -0.25) is 4.79 Å². The third-order valence-corrected chi connectivity index (χ3v) is 4.73. The average molecular weight is 403 g/mol. The highest BCUT2D eigenvalue weighted by Crippen LogP contribution is 2.23. The molecule has 4 nitrogen and oxygen atoms in total. The van der Waals surface area contributed by atoms with Gasteiger partial charge in [0.2, 0.25) is 0 Å². The van der Waals surface area contributed by atoms with E-state index in [0.29, 0.717) is 23.1 Å². The fourth-order valence-electron chi connectivity index (χ4n) is 2.65. The molecule has 3 rings (SSSR count). The molecule has 0 saturated heterocycles. The zero-order valence-electron chi connectivity index (χ0n) is 15.9. The normalized spacial score (nSPS) is 10.9. The van der Waals surface area contributed by atoms with Crippen molar-refractivity contribution in [1.29, 1.82) is 5.26 Å². The summed E-state index contributed by atoms with van der Waals surface area (Å²) in [6.07, 6.45) is 1.54. The minimum Gasteiger partial charge on any atom is -0.489 e. The van der Waals surface area contributed by atoms with E-state index < -0.39 is 5.91 Å². The number of nitriles is 1. The molecule has 0 aliphatic heterocycles. The lowest BCUT2D eigenvalue weighted by Gasteiger charge is -2.09. The Morgan fingerprint density at radius 1 is 1.07 bits per heavy atom. The Labute approximate surface area is 175 Å². The van der Waals surface area contributed by atoms with Crippen molar-refractivity contribution in [3.05, 3.63) is 100 Å². The molecule has 0 unspecified atom stereocenters. The molecule has 0 saturated carbocycles. The van der Waals surface area contributed by atoms with Crippen molar-refractivity contribution in [3.8, 4) is 11.8 Å². The molecule has 0 radical (unpaired) electrons. The van der Waals surface area contributed by atoms with Crippen LogP contribution < -0.4 is 10.1 Å². The molecule has 0 atom stereocenters. The second-order valence-electron chi connectivity index (χ2n) is 6.38. The number of amides is 1. The first-order valence-electron chi connectivity index (χ1n) is 9.02. The Bertz CT molecular complexity index is 1070. The van der Waals surface area contributed by atoms with Crippen molar-refractivity contribution in [1.82, 2.24) is 0 Å². The minimum atomic E-state index is -0.484. The molecular weight excluding hydrogens is 384 g/mol. The van der Waals surface area contributed by atoms with E-state index >= 15 is 0 Å². The first-order chi connectivity index (χ1) is 14.1. The molecule has 1 amide bonds. The molecule has 0 fully saturated rings. The number of benzene rings is 3. The molecule has 0 spiro atoms. The maximum absolute atomic E-state index is 12.5. The monoisotopic (exact) mass is 402 g/mol. The zero-order valence-corrected chi connectivity index (χ0v) is 16.6. The van der Waals surface area contributed by atoms with Crippen LogP contribution in [0.4, 0.5) is 5.69 Å². The highest BCUT2D eigenvalue weighted by Gasteiger charge is 2.12. The summed E-state index contributed by atoms with van der Waals surface area (Å²) in [6, 6.07) is 24.3. The fourth-order valence-corrected chi connectivity index (χ4v) is 2.82. The van der Waals surface area contributed by atoms with E-state index in [1.54, 1.807) is 30.3 Å². The predicted octanol–water partition coefficient (Wildman–Crippen LogP) is 5.77. The van der Waals surface area contributed by atoms with Gasteiger partial charge in [-0.15, -0.1) is 0 Å². The van der Waals surface area contributed by atoms with Gasteiger partial charge < -0.3 is 10.1 Å². The van der Waals surface area contributed by atoms with Gasteiger partial charge in [0.15, 0.2) is 0 Å². The van der Waals surface area contributed by atoms with Crippen LogP contribution in [0, 0.1) is 18.3 Å². The van der Waals surface area contributed by atoms with E-state index in [2.05, 4.69) is 5.32 Å². The molecule has 0 heterocycles. The number of anilines is 1. The predicted molar refractivity (Wildman–Crippen MR) is 116 cm³/mol. The Hall–Kier alpha value is -3.55. The van der Waals surface area contributed by atoms with Gasteiger partial charge in [0.05, 0.1) is 0 Å². The van der Waals surface area contributed by atoms with Crippen LogP contribution in [0.1, 0.15) is 16.7 Å². The standard InChI is InChI=1S/C24H19ClN2O2/c1-17-22(25)8-5-9-23(17)27-24(28)20(15-26)14-18-10-12-21(13-11-18)29-16-19-6-3-2-4-7-19/h2-14H,16H2,1H3,(H,27,28)/b20-14+. The number of ether oxygens (including phenoxy) is 1. The van der Waals surface area contributed by atoms with Gasteiger partial charge in [0, 0.05) is 10.7 Å². The maximum atomic E-state index is 12.5. The van der Waals surface area contributed by atoms with Crippen molar-refractivity contribution in [2.45, 2.75) is 13.5 Å². The van der Waals surface area contributed by atoms with Crippen LogP contribution >= 0.6 is 11.6 Å². The van der Waals surface area contributed by atoms with Crippen LogP contribution in [0.2, 0.25) is 5.02 Å². The average Bonchev–Trinajstić information content (AvgIpc) is 2.75. The van der Waals surface area contributed by atoms with Crippen LogP contribution in [0.15, 0.2) is 78.4 Å². The molecule has 0 aliphatic rings. The topological polar surface area (TPSA) is 62.1 Å². The molecule has 5 heteroatoms. The number of rotatable bonds is 6. The SMILES string of the molecule is Cc1c(Cl)cccc1NC(=O)/C(C#N)=C/c1ccc(OCc2ccccc2)cc1. The van der Waals surface area contributed by atoms with E-state index in [9.17, 15) is 10.1 Å². The lowest BCUT2D eigenvalue weighted by Crippen LogP contribution is -2.14. The van der Waals surface area contributed by atoms with Crippen LogP contribution in [0.5, 0.6) is 5.75 Å². The fraction of sp³-hybridized carbons (Fsp3) is 0.0833. The summed E-state index contributed by atoms with van der Waals surface area (Å²) in [5.74, 6) is 0.228. The van der Waals surface area contributed by atoms with Crippen molar-refractivity contribution in [2.24, 2.45) is 0 Å². The first kappa shape index (κ1) is 20.2. The summed E-state index contributed by atoms with van der Waals surface area (Å²) in [4.78, 5) is 12.5. The second kappa shape index (κ2) is 9.59. The summed E-state index contributed by atoms with van der Waals surface area (Å²) in [5, 5.41) is 12.7. The largest absolute Gasteiger partial charge is 0.489 e. The maximum Gasteiger partial charge on any atom is 0.266 e. The Morgan fingerprint density at radius 3 is 2.48 bits per heavy atom. The summed E-state index contributed by atoms with van der Waals surface area (Å²) >= 11 is 6.08. The van der Waals surface area contributed by atoms with E-state index in [1.165, 1.54) is 6.08 Å². The molecular formula is C24H19ClN2O2. The van der Waals surface area contributed by atoms with Crippen molar-refractivity contribution in [2.75, 3.05) is 5.32 Å². The van der Waals surface area contributed by atoms with E-state index in [4.69, 9.17) is 16.3 Å². The van der Waals surface area contributed by atoms with Crippen molar-refractivity contribution < 1.29 is 9.53 Å². The smallest absolute Gasteiger partial charge is 0.266 e. The highest BCUT2D eigenvalue weighted by molar-refractivity contribution is 6.31. The quantitative estimate of drug-likeness (QED) is 0.420. The van der Waals surface area contributed by atoms with Gasteiger partial charge in [-0.2, -0.15) is 5.26 Å². The van der Waals surface area contributed by atoms with E-state index in [1.807, 2.05) is 55.5 Å². The van der Waals surface area contributed by atoms with Gasteiger partial charge in [0.1, 0.15) is 24.0 Å². The number of nitrogens with zero attached hydrogens (tertiary/aromatic N) is 1. The molecule has 3 aromatic rings.